The monoisotopic (exact) mass is 273 g/mol. The van der Waals surface area contributed by atoms with Crippen molar-refractivity contribution >= 4 is 28.2 Å². The van der Waals surface area contributed by atoms with Gasteiger partial charge in [-0.2, -0.15) is 0 Å². The van der Waals surface area contributed by atoms with Crippen LogP contribution in [0, 0.1) is 0 Å². The summed E-state index contributed by atoms with van der Waals surface area (Å²) in [6, 6.07) is 1.94. The predicted octanol–water partition coefficient (Wildman–Crippen LogP) is 1.02. The van der Waals surface area contributed by atoms with E-state index < -0.39 is 10.8 Å². The molecule has 0 saturated carbocycles. The third-order valence-electron chi connectivity index (χ3n) is 2.74. The first kappa shape index (κ1) is 12.8. The van der Waals surface area contributed by atoms with Gasteiger partial charge in [-0.15, -0.1) is 0 Å². The standard InChI is InChI=1S/C11H16ClN3OS/c1-13-7-9-6-10(12)11(14-8-9)15-2-4-17(16)5-3-15/h6,8,13H,2-5,7H2,1H3. The molecule has 0 aliphatic carbocycles. The fraction of sp³-hybridized carbons (Fsp3) is 0.545. The number of rotatable bonds is 3. The largest absolute Gasteiger partial charge is 0.354 e. The molecule has 0 unspecified atom stereocenters. The van der Waals surface area contributed by atoms with Crippen molar-refractivity contribution in [2.75, 3.05) is 36.5 Å². The highest BCUT2D eigenvalue weighted by Crippen LogP contribution is 2.24. The van der Waals surface area contributed by atoms with E-state index >= 15 is 0 Å². The summed E-state index contributed by atoms with van der Waals surface area (Å²) in [6.07, 6.45) is 1.84. The highest BCUT2D eigenvalue weighted by molar-refractivity contribution is 7.85. The van der Waals surface area contributed by atoms with Crippen LogP contribution in [0.4, 0.5) is 5.82 Å². The van der Waals surface area contributed by atoms with Crippen LogP contribution in [-0.2, 0) is 17.3 Å². The Morgan fingerprint density at radius 1 is 1.53 bits per heavy atom. The average molecular weight is 274 g/mol. The van der Waals surface area contributed by atoms with Crippen LogP contribution in [0.25, 0.3) is 0 Å². The van der Waals surface area contributed by atoms with Gasteiger partial charge in [-0.25, -0.2) is 4.98 Å². The minimum absolute atomic E-state index is 0.671. The summed E-state index contributed by atoms with van der Waals surface area (Å²) >= 11 is 6.23. The van der Waals surface area contributed by atoms with Gasteiger partial charge >= 0.3 is 0 Å². The van der Waals surface area contributed by atoms with Gasteiger partial charge in [0.2, 0.25) is 0 Å². The van der Waals surface area contributed by atoms with Crippen molar-refractivity contribution in [3.05, 3.63) is 22.8 Å². The molecule has 2 heterocycles. The molecule has 1 aliphatic heterocycles. The quantitative estimate of drug-likeness (QED) is 0.893. The molecule has 1 aromatic heterocycles. The molecular weight excluding hydrogens is 258 g/mol. The first-order valence-corrected chi connectivity index (χ1v) is 7.46. The number of pyridine rings is 1. The average Bonchev–Trinajstić information content (AvgIpc) is 2.31. The van der Waals surface area contributed by atoms with Crippen molar-refractivity contribution in [1.82, 2.24) is 10.3 Å². The maximum atomic E-state index is 11.3. The summed E-state index contributed by atoms with van der Waals surface area (Å²) in [5.74, 6) is 2.22. The Bertz CT molecular complexity index is 417. The van der Waals surface area contributed by atoms with Crippen LogP contribution in [-0.4, -0.2) is 40.8 Å². The predicted molar refractivity (Wildman–Crippen MR) is 72.1 cm³/mol. The molecule has 2 rings (SSSR count). The molecular formula is C11H16ClN3OS. The van der Waals surface area contributed by atoms with Crippen LogP contribution in [0.1, 0.15) is 5.56 Å². The molecule has 0 spiro atoms. The van der Waals surface area contributed by atoms with E-state index in [9.17, 15) is 4.21 Å². The minimum atomic E-state index is -0.671. The van der Waals surface area contributed by atoms with Crippen LogP contribution in [0.2, 0.25) is 5.02 Å². The van der Waals surface area contributed by atoms with E-state index in [-0.39, 0.29) is 0 Å². The van der Waals surface area contributed by atoms with Crippen molar-refractivity contribution in [2.24, 2.45) is 0 Å². The second-order valence-electron chi connectivity index (χ2n) is 4.01. The second kappa shape index (κ2) is 5.80. The van der Waals surface area contributed by atoms with Gasteiger partial charge in [-0.05, 0) is 18.7 Å². The van der Waals surface area contributed by atoms with E-state index in [2.05, 4.69) is 15.2 Å². The maximum absolute atomic E-state index is 11.3. The number of hydrogen-bond acceptors (Lipinski definition) is 4. The van der Waals surface area contributed by atoms with E-state index in [0.29, 0.717) is 16.5 Å². The lowest BCUT2D eigenvalue weighted by Crippen LogP contribution is -2.38. The lowest BCUT2D eigenvalue weighted by molar-refractivity contribution is 0.672. The number of anilines is 1. The Hall–Kier alpha value is -0.650. The zero-order valence-electron chi connectivity index (χ0n) is 9.78. The fourth-order valence-electron chi connectivity index (χ4n) is 1.85. The summed E-state index contributed by atoms with van der Waals surface area (Å²) in [4.78, 5) is 6.50. The molecule has 1 saturated heterocycles. The number of nitrogens with zero attached hydrogens (tertiary/aromatic N) is 2. The number of aromatic nitrogens is 1. The third-order valence-corrected chi connectivity index (χ3v) is 4.29. The lowest BCUT2D eigenvalue weighted by Gasteiger charge is -2.28. The summed E-state index contributed by atoms with van der Waals surface area (Å²) in [6.45, 7) is 2.30. The van der Waals surface area contributed by atoms with Crippen LogP contribution in [0.15, 0.2) is 12.3 Å². The van der Waals surface area contributed by atoms with Gasteiger partial charge < -0.3 is 10.2 Å². The Labute approximate surface area is 109 Å². The van der Waals surface area contributed by atoms with E-state index in [4.69, 9.17) is 11.6 Å². The maximum Gasteiger partial charge on any atom is 0.147 e. The van der Waals surface area contributed by atoms with Gasteiger partial charge in [-0.3, -0.25) is 4.21 Å². The molecule has 17 heavy (non-hydrogen) atoms. The van der Waals surface area contributed by atoms with Gasteiger partial charge in [-0.1, -0.05) is 11.6 Å². The molecule has 1 aromatic rings. The van der Waals surface area contributed by atoms with Gasteiger partial charge in [0.25, 0.3) is 0 Å². The molecule has 0 aromatic carbocycles. The normalized spacial score (nSPS) is 17.4. The summed E-state index contributed by atoms with van der Waals surface area (Å²) in [5.41, 5.74) is 1.07. The molecule has 94 valence electrons. The number of nitrogens with one attached hydrogen (secondary N) is 1. The van der Waals surface area contributed by atoms with Crippen molar-refractivity contribution < 1.29 is 4.21 Å². The van der Waals surface area contributed by atoms with Crippen LogP contribution >= 0.6 is 11.6 Å². The highest BCUT2D eigenvalue weighted by Gasteiger charge is 2.18. The molecule has 1 aliphatic rings. The molecule has 6 heteroatoms. The zero-order valence-corrected chi connectivity index (χ0v) is 11.4. The third kappa shape index (κ3) is 3.18. The molecule has 0 amide bonds. The Morgan fingerprint density at radius 2 is 2.24 bits per heavy atom. The summed E-state index contributed by atoms with van der Waals surface area (Å²) in [5, 5.41) is 3.74. The van der Waals surface area contributed by atoms with E-state index in [1.807, 2.05) is 19.3 Å². The smallest absolute Gasteiger partial charge is 0.147 e. The Balaban J connectivity index is 2.13. The van der Waals surface area contributed by atoms with E-state index in [1.54, 1.807) is 0 Å². The molecule has 1 N–H and O–H groups in total. The van der Waals surface area contributed by atoms with Crippen molar-refractivity contribution in [1.29, 1.82) is 0 Å². The fourth-order valence-corrected chi connectivity index (χ4v) is 3.21. The molecule has 0 radical (unpaired) electrons. The molecule has 0 atom stereocenters. The first-order chi connectivity index (χ1) is 8.20. The van der Waals surface area contributed by atoms with Gasteiger partial charge in [0.05, 0.1) is 5.02 Å². The van der Waals surface area contributed by atoms with Crippen LogP contribution in [0.5, 0.6) is 0 Å². The topological polar surface area (TPSA) is 45.2 Å². The highest BCUT2D eigenvalue weighted by atomic mass is 35.5. The summed E-state index contributed by atoms with van der Waals surface area (Å²) < 4.78 is 11.3. The molecule has 1 fully saturated rings. The molecule has 0 bridgehead atoms. The summed E-state index contributed by atoms with van der Waals surface area (Å²) in [7, 11) is 1.22. The van der Waals surface area contributed by atoms with Crippen LogP contribution in [0.3, 0.4) is 0 Å². The second-order valence-corrected chi connectivity index (χ2v) is 6.12. The van der Waals surface area contributed by atoms with E-state index in [1.165, 1.54) is 0 Å². The first-order valence-electron chi connectivity index (χ1n) is 5.59. The lowest BCUT2D eigenvalue weighted by atomic mass is 10.2. The van der Waals surface area contributed by atoms with Crippen molar-refractivity contribution in [3.8, 4) is 0 Å². The minimum Gasteiger partial charge on any atom is -0.354 e. The van der Waals surface area contributed by atoms with Crippen molar-refractivity contribution in [2.45, 2.75) is 6.54 Å². The molecule has 4 nitrogen and oxygen atoms in total. The van der Waals surface area contributed by atoms with Gasteiger partial charge in [0.15, 0.2) is 0 Å². The number of halogens is 1. The van der Waals surface area contributed by atoms with Gasteiger partial charge in [0, 0.05) is 48.1 Å². The van der Waals surface area contributed by atoms with Gasteiger partial charge in [0.1, 0.15) is 5.82 Å². The SMILES string of the molecule is CNCc1cnc(N2CCS(=O)CC2)c(Cl)c1. The number of hydrogen-bond donors (Lipinski definition) is 1. The Morgan fingerprint density at radius 3 is 2.82 bits per heavy atom. The van der Waals surface area contributed by atoms with E-state index in [0.717, 1.165) is 31.0 Å². The zero-order chi connectivity index (χ0) is 12.3. The van der Waals surface area contributed by atoms with Crippen molar-refractivity contribution in [3.63, 3.8) is 0 Å². The Kier molecular flexibility index (Phi) is 4.36. The van der Waals surface area contributed by atoms with Crippen LogP contribution < -0.4 is 10.2 Å².